The molecule has 2 aromatic rings. The van der Waals surface area contributed by atoms with Crippen LogP contribution in [0.3, 0.4) is 0 Å². The number of rotatable bonds is 9. The van der Waals surface area contributed by atoms with Gasteiger partial charge in [0.05, 0.1) is 7.11 Å². The minimum atomic E-state index is -1.47. The van der Waals surface area contributed by atoms with Crippen LogP contribution in [0.25, 0.3) is 0 Å². The molecule has 1 unspecified atom stereocenters. The Balaban J connectivity index is 2.08. The zero-order chi connectivity index (χ0) is 19.5. The summed E-state index contributed by atoms with van der Waals surface area (Å²) in [6.45, 7) is 0.0592. The molecule has 2 rings (SSSR count). The third kappa shape index (κ3) is 5.95. The Morgan fingerprint density at radius 2 is 1.59 bits per heavy atom. The second-order valence-electron chi connectivity index (χ2n) is 6.12. The summed E-state index contributed by atoms with van der Waals surface area (Å²) in [5, 5.41) is 2.56. The van der Waals surface area contributed by atoms with Gasteiger partial charge in [-0.25, -0.2) is 9.59 Å². The van der Waals surface area contributed by atoms with Crippen molar-refractivity contribution in [2.75, 3.05) is 7.11 Å². The predicted octanol–water partition coefficient (Wildman–Crippen LogP) is 3.05. The Labute approximate surface area is 158 Å². The van der Waals surface area contributed by atoms with Crippen molar-refractivity contribution in [1.82, 2.24) is 5.32 Å². The number of esters is 1. The number of alkyl carbamates (subject to hydrolysis) is 1. The fourth-order valence-corrected chi connectivity index (χ4v) is 2.75. The highest BCUT2D eigenvalue weighted by Crippen LogP contribution is 2.20. The number of aldehydes is 1. The lowest BCUT2D eigenvalue weighted by molar-refractivity contribution is -0.149. The van der Waals surface area contributed by atoms with E-state index in [0.717, 1.165) is 11.1 Å². The van der Waals surface area contributed by atoms with E-state index in [1.165, 1.54) is 7.11 Å². The van der Waals surface area contributed by atoms with Gasteiger partial charge in [-0.3, -0.25) is 0 Å². The monoisotopic (exact) mass is 369 g/mol. The van der Waals surface area contributed by atoms with Crippen LogP contribution in [0.1, 0.15) is 24.0 Å². The van der Waals surface area contributed by atoms with Gasteiger partial charge in [-0.1, -0.05) is 60.7 Å². The first-order chi connectivity index (χ1) is 13.1. The normalized spacial score (nSPS) is 12.5. The summed E-state index contributed by atoms with van der Waals surface area (Å²) >= 11 is 0. The van der Waals surface area contributed by atoms with E-state index in [2.05, 4.69) is 5.32 Å². The Morgan fingerprint density at radius 1 is 1.00 bits per heavy atom. The summed E-state index contributed by atoms with van der Waals surface area (Å²) < 4.78 is 10.1. The van der Waals surface area contributed by atoms with Gasteiger partial charge in [-0.2, -0.15) is 0 Å². The van der Waals surface area contributed by atoms with E-state index in [0.29, 0.717) is 12.7 Å². The number of carbonyl (C=O) groups is 3. The molecule has 0 aliphatic heterocycles. The minimum Gasteiger partial charge on any atom is -0.467 e. The standard InChI is InChI=1S/C21H23NO5/c1-26-19(24)21(14-15-23,13-12-17-8-4-2-5-9-17)22-20(25)27-16-18-10-6-3-7-11-18/h2-11,15H,12-14,16H2,1H3,(H,22,25). The van der Waals surface area contributed by atoms with Crippen molar-refractivity contribution in [3.05, 3.63) is 71.8 Å². The van der Waals surface area contributed by atoms with Crippen LogP contribution >= 0.6 is 0 Å². The van der Waals surface area contributed by atoms with Crippen LogP contribution in [-0.4, -0.2) is 31.0 Å². The van der Waals surface area contributed by atoms with Gasteiger partial charge in [0.1, 0.15) is 18.4 Å². The molecule has 2 aromatic carbocycles. The van der Waals surface area contributed by atoms with Crippen molar-refractivity contribution >= 4 is 18.3 Å². The first-order valence-corrected chi connectivity index (χ1v) is 8.64. The van der Waals surface area contributed by atoms with Gasteiger partial charge in [-0.05, 0) is 24.0 Å². The topological polar surface area (TPSA) is 81.7 Å². The van der Waals surface area contributed by atoms with Gasteiger partial charge in [0.2, 0.25) is 0 Å². The van der Waals surface area contributed by atoms with E-state index in [4.69, 9.17) is 9.47 Å². The molecule has 0 heterocycles. The third-order valence-corrected chi connectivity index (χ3v) is 4.25. The SMILES string of the molecule is COC(=O)C(CC=O)(CCc1ccccc1)NC(=O)OCc1ccccc1. The second kappa shape index (κ2) is 10.1. The van der Waals surface area contributed by atoms with Crippen LogP contribution < -0.4 is 5.32 Å². The van der Waals surface area contributed by atoms with E-state index in [-0.39, 0.29) is 19.4 Å². The average Bonchev–Trinajstić information content (AvgIpc) is 2.71. The van der Waals surface area contributed by atoms with Crippen molar-refractivity contribution in [3.63, 3.8) is 0 Å². The number of methoxy groups -OCH3 is 1. The van der Waals surface area contributed by atoms with Crippen molar-refractivity contribution in [1.29, 1.82) is 0 Å². The first kappa shape index (κ1) is 20.2. The number of carbonyl (C=O) groups excluding carboxylic acids is 3. The number of hydrogen-bond donors (Lipinski definition) is 1. The molecule has 0 spiro atoms. The molecule has 0 saturated carbocycles. The summed E-state index contributed by atoms with van der Waals surface area (Å²) in [7, 11) is 1.22. The highest BCUT2D eigenvalue weighted by Gasteiger charge is 2.41. The number of hydrogen-bond acceptors (Lipinski definition) is 5. The average molecular weight is 369 g/mol. The van der Waals surface area contributed by atoms with Crippen LogP contribution in [0.2, 0.25) is 0 Å². The molecular formula is C21H23NO5. The molecule has 0 fully saturated rings. The maximum atomic E-state index is 12.4. The van der Waals surface area contributed by atoms with E-state index < -0.39 is 17.6 Å². The summed E-state index contributed by atoms with van der Waals surface area (Å²) in [5.41, 5.74) is 0.326. The molecule has 0 radical (unpaired) electrons. The highest BCUT2D eigenvalue weighted by molar-refractivity contribution is 5.88. The second-order valence-corrected chi connectivity index (χ2v) is 6.12. The molecule has 27 heavy (non-hydrogen) atoms. The fourth-order valence-electron chi connectivity index (χ4n) is 2.75. The van der Waals surface area contributed by atoms with E-state index in [1.54, 1.807) is 0 Å². The molecule has 0 aliphatic carbocycles. The van der Waals surface area contributed by atoms with Crippen molar-refractivity contribution < 1.29 is 23.9 Å². The molecule has 0 saturated heterocycles. The Hall–Kier alpha value is -3.15. The number of amides is 1. The summed E-state index contributed by atoms with van der Waals surface area (Å²) in [5.74, 6) is -0.679. The van der Waals surface area contributed by atoms with Crippen LogP contribution in [0, 0.1) is 0 Å². The molecule has 0 aromatic heterocycles. The van der Waals surface area contributed by atoms with Gasteiger partial charge in [0, 0.05) is 6.42 Å². The fraction of sp³-hybridized carbons (Fsp3) is 0.286. The van der Waals surface area contributed by atoms with Gasteiger partial charge in [0.15, 0.2) is 0 Å². The Morgan fingerprint density at radius 3 is 2.15 bits per heavy atom. The van der Waals surface area contributed by atoms with Crippen molar-refractivity contribution in [3.8, 4) is 0 Å². The summed E-state index contributed by atoms with van der Waals surface area (Å²) in [6.07, 6.45) is 0.317. The zero-order valence-corrected chi connectivity index (χ0v) is 15.2. The Bertz CT molecular complexity index is 748. The lowest BCUT2D eigenvalue weighted by Gasteiger charge is -2.30. The molecule has 0 bridgehead atoms. The van der Waals surface area contributed by atoms with Crippen molar-refractivity contribution in [2.45, 2.75) is 31.4 Å². The van der Waals surface area contributed by atoms with E-state index in [1.807, 2.05) is 60.7 Å². The largest absolute Gasteiger partial charge is 0.467 e. The lowest BCUT2D eigenvalue weighted by Crippen LogP contribution is -2.55. The molecule has 142 valence electrons. The Kier molecular flexibility index (Phi) is 7.55. The molecule has 1 atom stereocenters. The number of ether oxygens (including phenoxy) is 2. The number of aryl methyl sites for hydroxylation is 1. The first-order valence-electron chi connectivity index (χ1n) is 8.64. The van der Waals surface area contributed by atoms with Crippen LogP contribution in [0.4, 0.5) is 4.79 Å². The predicted molar refractivity (Wildman–Crippen MR) is 100.0 cm³/mol. The molecule has 1 N–H and O–H groups in total. The lowest BCUT2D eigenvalue weighted by atomic mass is 9.88. The third-order valence-electron chi connectivity index (χ3n) is 4.25. The highest BCUT2D eigenvalue weighted by atomic mass is 16.6. The minimum absolute atomic E-state index is 0.0592. The van der Waals surface area contributed by atoms with E-state index in [9.17, 15) is 14.4 Å². The number of nitrogens with one attached hydrogen (secondary N) is 1. The molecule has 0 aliphatic rings. The molecular weight excluding hydrogens is 346 g/mol. The van der Waals surface area contributed by atoms with Gasteiger partial charge < -0.3 is 19.6 Å². The van der Waals surface area contributed by atoms with Crippen molar-refractivity contribution in [2.24, 2.45) is 0 Å². The van der Waals surface area contributed by atoms with Crippen LogP contribution in [0.15, 0.2) is 60.7 Å². The van der Waals surface area contributed by atoms with Crippen LogP contribution in [-0.2, 0) is 32.1 Å². The smallest absolute Gasteiger partial charge is 0.408 e. The summed E-state index contributed by atoms with van der Waals surface area (Å²) in [4.78, 5) is 35.9. The van der Waals surface area contributed by atoms with E-state index >= 15 is 0 Å². The zero-order valence-electron chi connectivity index (χ0n) is 15.2. The van der Waals surface area contributed by atoms with Gasteiger partial charge in [0.25, 0.3) is 0 Å². The quantitative estimate of drug-likeness (QED) is 0.543. The van der Waals surface area contributed by atoms with Gasteiger partial charge >= 0.3 is 12.1 Å². The maximum Gasteiger partial charge on any atom is 0.408 e. The summed E-state index contributed by atoms with van der Waals surface area (Å²) in [6, 6.07) is 18.7. The number of benzene rings is 2. The maximum absolute atomic E-state index is 12.4. The van der Waals surface area contributed by atoms with Crippen LogP contribution in [0.5, 0.6) is 0 Å². The molecule has 6 nitrogen and oxygen atoms in total. The molecule has 6 heteroatoms. The van der Waals surface area contributed by atoms with Gasteiger partial charge in [-0.15, -0.1) is 0 Å². The molecule has 1 amide bonds.